The molecular formula is C13H15N5O2. The lowest BCUT2D eigenvalue weighted by atomic mass is 10.3. The lowest BCUT2D eigenvalue weighted by Gasteiger charge is -2.07. The van der Waals surface area contributed by atoms with Crippen molar-refractivity contribution in [3.8, 4) is 0 Å². The Kier molecular flexibility index (Phi) is 4.19. The Labute approximate surface area is 116 Å². The van der Waals surface area contributed by atoms with Gasteiger partial charge in [0.05, 0.1) is 31.2 Å². The maximum Gasteiger partial charge on any atom is 0.376 e. The highest BCUT2D eigenvalue weighted by molar-refractivity contribution is 5.85. The summed E-state index contributed by atoms with van der Waals surface area (Å²) in [6.45, 7) is 4.12. The molecule has 0 amide bonds. The molecule has 0 bridgehead atoms. The first-order chi connectivity index (χ1) is 9.58. The van der Waals surface area contributed by atoms with E-state index in [1.165, 1.54) is 7.11 Å². The molecule has 20 heavy (non-hydrogen) atoms. The quantitative estimate of drug-likeness (QED) is 0.839. The number of methoxy groups -OCH3 is 1. The van der Waals surface area contributed by atoms with Crippen molar-refractivity contribution >= 4 is 11.8 Å². The number of aryl methyl sites for hydroxylation is 2. The number of ether oxygens (including phenoxy) is 1. The minimum absolute atomic E-state index is 0.0324. The zero-order valence-electron chi connectivity index (χ0n) is 11.5. The van der Waals surface area contributed by atoms with Gasteiger partial charge in [-0.05, 0) is 13.8 Å². The van der Waals surface area contributed by atoms with Crippen molar-refractivity contribution in [3.63, 3.8) is 0 Å². The number of nitrogens with zero attached hydrogens (tertiary/aromatic N) is 4. The van der Waals surface area contributed by atoms with Crippen LogP contribution in [0.4, 0.5) is 5.82 Å². The van der Waals surface area contributed by atoms with Gasteiger partial charge < -0.3 is 10.1 Å². The Morgan fingerprint density at radius 1 is 1.20 bits per heavy atom. The highest BCUT2D eigenvalue weighted by atomic mass is 16.5. The summed E-state index contributed by atoms with van der Waals surface area (Å²) >= 11 is 0. The molecule has 2 heterocycles. The van der Waals surface area contributed by atoms with Gasteiger partial charge in [0.25, 0.3) is 0 Å². The van der Waals surface area contributed by atoms with Gasteiger partial charge in [-0.1, -0.05) is 0 Å². The van der Waals surface area contributed by atoms with Crippen LogP contribution in [-0.2, 0) is 11.3 Å². The van der Waals surface area contributed by atoms with E-state index >= 15 is 0 Å². The van der Waals surface area contributed by atoms with E-state index in [2.05, 4.69) is 30.0 Å². The third-order valence-electron chi connectivity index (χ3n) is 2.51. The third-order valence-corrected chi connectivity index (χ3v) is 2.51. The topological polar surface area (TPSA) is 89.9 Å². The Balaban J connectivity index is 2.11. The number of rotatable bonds is 4. The molecule has 0 unspecified atom stereocenters. The Morgan fingerprint density at radius 3 is 2.65 bits per heavy atom. The van der Waals surface area contributed by atoms with Gasteiger partial charge in [-0.25, -0.2) is 14.8 Å². The van der Waals surface area contributed by atoms with E-state index < -0.39 is 5.97 Å². The molecule has 2 rings (SSSR count). The van der Waals surface area contributed by atoms with E-state index in [0.717, 1.165) is 11.4 Å². The smallest absolute Gasteiger partial charge is 0.376 e. The van der Waals surface area contributed by atoms with Crippen molar-refractivity contribution in [1.29, 1.82) is 0 Å². The first-order valence-corrected chi connectivity index (χ1v) is 6.04. The molecule has 0 aliphatic rings. The van der Waals surface area contributed by atoms with Gasteiger partial charge in [-0.2, -0.15) is 0 Å². The number of hydrogen-bond donors (Lipinski definition) is 1. The van der Waals surface area contributed by atoms with Gasteiger partial charge in [0, 0.05) is 18.0 Å². The summed E-state index contributed by atoms with van der Waals surface area (Å²) in [5.74, 6) is 0.0112. The van der Waals surface area contributed by atoms with Crippen molar-refractivity contribution in [2.75, 3.05) is 12.4 Å². The summed E-state index contributed by atoms with van der Waals surface area (Å²) in [7, 11) is 1.29. The molecule has 0 aromatic carbocycles. The largest absolute Gasteiger partial charge is 0.463 e. The SMILES string of the molecule is COC(=O)c1nc(C)cc(NCc2cnc(C)cn2)n1. The van der Waals surface area contributed by atoms with E-state index in [1.807, 2.05) is 6.92 Å². The minimum Gasteiger partial charge on any atom is -0.463 e. The van der Waals surface area contributed by atoms with Gasteiger partial charge in [0.2, 0.25) is 5.82 Å². The van der Waals surface area contributed by atoms with E-state index in [-0.39, 0.29) is 5.82 Å². The van der Waals surface area contributed by atoms with E-state index in [4.69, 9.17) is 0 Å². The summed E-state index contributed by atoms with van der Waals surface area (Å²) in [6.07, 6.45) is 3.39. The summed E-state index contributed by atoms with van der Waals surface area (Å²) in [5.41, 5.74) is 2.32. The second-order valence-electron chi connectivity index (χ2n) is 4.21. The van der Waals surface area contributed by atoms with Crippen LogP contribution < -0.4 is 5.32 Å². The molecule has 0 fully saturated rings. The first-order valence-electron chi connectivity index (χ1n) is 6.04. The molecule has 0 aliphatic heterocycles. The van der Waals surface area contributed by atoms with Gasteiger partial charge in [0.15, 0.2) is 0 Å². The lowest BCUT2D eigenvalue weighted by Crippen LogP contribution is -2.11. The number of esters is 1. The van der Waals surface area contributed by atoms with Crippen LogP contribution >= 0.6 is 0 Å². The first kappa shape index (κ1) is 13.9. The summed E-state index contributed by atoms with van der Waals surface area (Å²) < 4.78 is 4.61. The van der Waals surface area contributed by atoms with Crippen LogP contribution in [0.15, 0.2) is 18.5 Å². The van der Waals surface area contributed by atoms with Gasteiger partial charge in [0.1, 0.15) is 5.82 Å². The van der Waals surface area contributed by atoms with Crippen molar-refractivity contribution in [1.82, 2.24) is 19.9 Å². The van der Waals surface area contributed by atoms with E-state index in [0.29, 0.717) is 18.1 Å². The van der Waals surface area contributed by atoms with Crippen molar-refractivity contribution in [2.45, 2.75) is 20.4 Å². The molecule has 0 aliphatic carbocycles. The molecule has 2 aromatic heterocycles. The fourth-order valence-corrected chi connectivity index (χ4v) is 1.53. The van der Waals surface area contributed by atoms with Crippen molar-refractivity contribution < 1.29 is 9.53 Å². The van der Waals surface area contributed by atoms with Crippen LogP contribution in [0.3, 0.4) is 0 Å². The molecule has 1 N–H and O–H groups in total. The molecule has 0 saturated carbocycles. The number of carbonyl (C=O) groups is 1. The minimum atomic E-state index is -0.563. The molecule has 0 saturated heterocycles. The number of nitrogens with one attached hydrogen (secondary N) is 1. The highest BCUT2D eigenvalue weighted by Gasteiger charge is 2.11. The van der Waals surface area contributed by atoms with Gasteiger partial charge in [-0.3, -0.25) is 9.97 Å². The Morgan fingerprint density at radius 2 is 2.00 bits per heavy atom. The molecule has 0 spiro atoms. The van der Waals surface area contributed by atoms with Crippen molar-refractivity contribution in [2.24, 2.45) is 0 Å². The van der Waals surface area contributed by atoms with Crippen LogP contribution in [0.2, 0.25) is 0 Å². The average Bonchev–Trinajstić information content (AvgIpc) is 2.45. The molecular weight excluding hydrogens is 258 g/mol. The maximum atomic E-state index is 11.4. The summed E-state index contributed by atoms with van der Waals surface area (Å²) in [4.78, 5) is 27.9. The molecule has 104 valence electrons. The van der Waals surface area contributed by atoms with Crippen LogP contribution in [0, 0.1) is 13.8 Å². The number of anilines is 1. The van der Waals surface area contributed by atoms with E-state index in [1.54, 1.807) is 25.4 Å². The highest BCUT2D eigenvalue weighted by Crippen LogP contribution is 2.08. The van der Waals surface area contributed by atoms with Crippen LogP contribution in [0.25, 0.3) is 0 Å². The second-order valence-corrected chi connectivity index (χ2v) is 4.21. The third kappa shape index (κ3) is 3.47. The van der Waals surface area contributed by atoms with Gasteiger partial charge >= 0.3 is 5.97 Å². The van der Waals surface area contributed by atoms with Gasteiger partial charge in [-0.15, -0.1) is 0 Å². The van der Waals surface area contributed by atoms with Crippen LogP contribution in [0.5, 0.6) is 0 Å². The zero-order chi connectivity index (χ0) is 14.5. The monoisotopic (exact) mass is 273 g/mol. The molecule has 2 aromatic rings. The Hall–Kier alpha value is -2.57. The maximum absolute atomic E-state index is 11.4. The summed E-state index contributed by atoms with van der Waals surface area (Å²) in [5, 5.41) is 3.08. The van der Waals surface area contributed by atoms with Crippen LogP contribution in [0.1, 0.15) is 27.7 Å². The van der Waals surface area contributed by atoms with Crippen LogP contribution in [-0.4, -0.2) is 33.0 Å². The lowest BCUT2D eigenvalue weighted by molar-refractivity contribution is 0.0586. The average molecular weight is 273 g/mol. The number of aromatic nitrogens is 4. The predicted octanol–water partition coefficient (Wildman–Crippen LogP) is 1.28. The normalized spacial score (nSPS) is 10.2. The number of hydrogen-bond acceptors (Lipinski definition) is 7. The molecule has 0 radical (unpaired) electrons. The predicted molar refractivity (Wildman–Crippen MR) is 72.2 cm³/mol. The molecule has 7 nitrogen and oxygen atoms in total. The second kappa shape index (κ2) is 6.05. The van der Waals surface area contributed by atoms with Crippen molar-refractivity contribution in [3.05, 3.63) is 41.4 Å². The molecule has 0 atom stereocenters. The van der Waals surface area contributed by atoms with E-state index in [9.17, 15) is 4.79 Å². The fourth-order valence-electron chi connectivity index (χ4n) is 1.53. The Bertz CT molecular complexity index is 613. The zero-order valence-corrected chi connectivity index (χ0v) is 11.5. The fraction of sp³-hybridized carbons (Fsp3) is 0.308. The molecule has 7 heteroatoms. The number of carbonyl (C=O) groups excluding carboxylic acids is 1. The standard InChI is InChI=1S/C13H15N5O2/c1-8-4-11(18-12(17-8)13(19)20-3)16-7-10-6-14-9(2)5-15-10/h4-6H,7H2,1-3H3,(H,16,17,18). The summed E-state index contributed by atoms with van der Waals surface area (Å²) in [6, 6.07) is 1.74.